The van der Waals surface area contributed by atoms with E-state index in [2.05, 4.69) is 14.9 Å². The maximum atomic E-state index is 13.0. The zero-order chi connectivity index (χ0) is 22.2. The minimum absolute atomic E-state index is 0.238. The summed E-state index contributed by atoms with van der Waals surface area (Å²) in [7, 11) is 0. The Morgan fingerprint density at radius 3 is 2.26 bits per heavy atom. The van der Waals surface area contributed by atoms with E-state index in [1.807, 2.05) is 24.6 Å². The van der Waals surface area contributed by atoms with Gasteiger partial charge in [-0.3, -0.25) is 9.48 Å². The van der Waals surface area contributed by atoms with Crippen LogP contribution in [0.4, 0.5) is 13.2 Å². The predicted octanol–water partition coefficient (Wildman–Crippen LogP) is 4.48. The number of hydrogen-bond donors (Lipinski definition) is 0. The molecule has 4 aromatic rings. The van der Waals surface area contributed by atoms with Crippen LogP contribution in [0.1, 0.15) is 11.4 Å². The summed E-state index contributed by atoms with van der Waals surface area (Å²) in [6.45, 7) is 4.74. The van der Waals surface area contributed by atoms with Gasteiger partial charge < -0.3 is 4.74 Å². The number of halogens is 3. The van der Waals surface area contributed by atoms with Gasteiger partial charge in [-0.2, -0.15) is 10.2 Å². The van der Waals surface area contributed by atoms with Crippen LogP contribution in [0.15, 0.2) is 59.5 Å². The Labute approximate surface area is 175 Å². The Balaban J connectivity index is 1.61. The molecule has 0 N–H and O–H groups in total. The van der Waals surface area contributed by atoms with Crippen LogP contribution in [0.2, 0.25) is 0 Å². The van der Waals surface area contributed by atoms with Crippen LogP contribution in [0.5, 0.6) is 5.75 Å². The number of nitrogens with zero attached hydrogens (tertiary/aromatic N) is 4. The van der Waals surface area contributed by atoms with Gasteiger partial charge in [-0.25, -0.2) is 4.68 Å². The first kappa shape index (κ1) is 20.6. The third-order valence-corrected chi connectivity index (χ3v) is 4.90. The molecule has 2 aromatic carbocycles. The Hall–Kier alpha value is -3.62. The summed E-state index contributed by atoms with van der Waals surface area (Å²) in [5.41, 5.74) is 3.05. The minimum atomic E-state index is -4.74. The highest BCUT2D eigenvalue weighted by Crippen LogP contribution is 2.27. The van der Waals surface area contributed by atoms with E-state index in [-0.39, 0.29) is 11.3 Å². The van der Waals surface area contributed by atoms with Crippen LogP contribution in [-0.2, 0) is 13.1 Å². The number of benzene rings is 2. The second-order valence-corrected chi connectivity index (χ2v) is 7.20. The zero-order valence-electron chi connectivity index (χ0n) is 16.8. The zero-order valence-corrected chi connectivity index (χ0v) is 16.8. The molecule has 2 aromatic heterocycles. The first-order valence-electron chi connectivity index (χ1n) is 9.57. The third-order valence-electron chi connectivity index (χ3n) is 4.90. The molecule has 2 heterocycles. The van der Waals surface area contributed by atoms with Gasteiger partial charge in [0.2, 0.25) is 0 Å². The van der Waals surface area contributed by atoms with Gasteiger partial charge in [0.05, 0.1) is 30.4 Å². The third kappa shape index (κ3) is 4.60. The van der Waals surface area contributed by atoms with Gasteiger partial charge in [0.25, 0.3) is 5.56 Å². The van der Waals surface area contributed by atoms with Crippen LogP contribution in [0.25, 0.3) is 21.9 Å². The number of fused-ring (bicyclic) bond motifs is 1. The average Bonchev–Trinajstić information content (AvgIpc) is 3.04. The second-order valence-electron chi connectivity index (χ2n) is 7.20. The van der Waals surface area contributed by atoms with Gasteiger partial charge in [-0.1, -0.05) is 24.3 Å². The lowest BCUT2D eigenvalue weighted by Gasteiger charge is -2.10. The number of aryl methyl sites for hydroxylation is 4. The van der Waals surface area contributed by atoms with E-state index < -0.39 is 6.36 Å². The molecule has 0 atom stereocenters. The average molecular weight is 428 g/mol. The van der Waals surface area contributed by atoms with Crippen LogP contribution in [-0.4, -0.2) is 25.9 Å². The van der Waals surface area contributed by atoms with Crippen molar-refractivity contribution in [3.8, 4) is 16.9 Å². The molecule has 0 spiro atoms. The molecule has 160 valence electrons. The molecule has 0 fully saturated rings. The van der Waals surface area contributed by atoms with Gasteiger partial charge in [0, 0.05) is 11.1 Å². The molecule has 31 heavy (non-hydrogen) atoms. The molecule has 6 nitrogen and oxygen atoms in total. The first-order valence-corrected chi connectivity index (χ1v) is 9.57. The highest BCUT2D eigenvalue weighted by Gasteiger charge is 2.30. The van der Waals surface area contributed by atoms with Gasteiger partial charge in [0.1, 0.15) is 5.75 Å². The first-order chi connectivity index (χ1) is 14.7. The molecule has 0 amide bonds. The van der Waals surface area contributed by atoms with E-state index in [4.69, 9.17) is 0 Å². The molecule has 9 heteroatoms. The molecule has 0 bridgehead atoms. The fraction of sp³-hybridized carbons (Fsp3) is 0.227. The minimum Gasteiger partial charge on any atom is -0.406 e. The van der Waals surface area contributed by atoms with E-state index in [0.717, 1.165) is 11.4 Å². The summed E-state index contributed by atoms with van der Waals surface area (Å²) in [4.78, 5) is 13.0. The van der Waals surface area contributed by atoms with Gasteiger partial charge in [0.15, 0.2) is 0 Å². The smallest absolute Gasteiger partial charge is 0.406 e. The highest BCUT2D eigenvalue weighted by molar-refractivity contribution is 5.86. The standard InChI is InChI=1S/C22H19F3N4O2/c1-14-11-15(2)28(27-14)9-10-29-21(30)20-12-17(3-4-18(20)13-26-29)16-5-7-19(8-6-16)31-22(23,24)25/h3-8,11-13H,9-10H2,1-2H3. The van der Waals surface area contributed by atoms with Crippen molar-refractivity contribution in [1.82, 2.24) is 19.6 Å². The molecular weight excluding hydrogens is 409 g/mol. The van der Waals surface area contributed by atoms with E-state index in [1.165, 1.54) is 28.9 Å². The maximum absolute atomic E-state index is 13.0. The van der Waals surface area contributed by atoms with Crippen molar-refractivity contribution in [3.05, 3.63) is 76.5 Å². The number of rotatable bonds is 5. The van der Waals surface area contributed by atoms with E-state index in [0.29, 0.717) is 35.0 Å². The topological polar surface area (TPSA) is 61.9 Å². The fourth-order valence-corrected chi connectivity index (χ4v) is 3.46. The van der Waals surface area contributed by atoms with Crippen LogP contribution in [0, 0.1) is 13.8 Å². The van der Waals surface area contributed by atoms with Crippen molar-refractivity contribution >= 4 is 10.8 Å². The van der Waals surface area contributed by atoms with Gasteiger partial charge in [-0.15, -0.1) is 13.2 Å². The molecule has 0 unspecified atom stereocenters. The van der Waals surface area contributed by atoms with Gasteiger partial charge in [-0.05, 0) is 49.2 Å². The van der Waals surface area contributed by atoms with Crippen molar-refractivity contribution in [2.45, 2.75) is 33.3 Å². The molecular formula is C22H19F3N4O2. The van der Waals surface area contributed by atoms with E-state index >= 15 is 0 Å². The molecule has 0 aliphatic rings. The molecule has 0 radical (unpaired) electrons. The molecule has 0 saturated carbocycles. The van der Waals surface area contributed by atoms with E-state index in [1.54, 1.807) is 24.4 Å². The van der Waals surface area contributed by atoms with Crippen molar-refractivity contribution in [2.75, 3.05) is 0 Å². The highest BCUT2D eigenvalue weighted by atomic mass is 19.4. The SMILES string of the molecule is Cc1cc(C)n(CCn2ncc3ccc(-c4ccc(OC(F)(F)F)cc4)cc3c2=O)n1. The summed E-state index contributed by atoms with van der Waals surface area (Å²) in [6, 6.07) is 12.8. The van der Waals surface area contributed by atoms with E-state index in [9.17, 15) is 18.0 Å². The summed E-state index contributed by atoms with van der Waals surface area (Å²) < 4.78 is 44.2. The number of ether oxygens (including phenoxy) is 1. The van der Waals surface area contributed by atoms with Crippen molar-refractivity contribution < 1.29 is 17.9 Å². The van der Waals surface area contributed by atoms with Crippen molar-refractivity contribution in [1.29, 1.82) is 0 Å². The Morgan fingerprint density at radius 1 is 0.935 bits per heavy atom. The summed E-state index contributed by atoms with van der Waals surface area (Å²) in [5, 5.41) is 9.81. The van der Waals surface area contributed by atoms with Crippen LogP contribution >= 0.6 is 0 Å². The molecule has 0 saturated heterocycles. The summed E-state index contributed by atoms with van der Waals surface area (Å²) in [5.74, 6) is -0.298. The molecule has 0 aliphatic carbocycles. The van der Waals surface area contributed by atoms with Crippen LogP contribution < -0.4 is 10.3 Å². The quantitative estimate of drug-likeness (QED) is 0.470. The number of hydrogen-bond acceptors (Lipinski definition) is 4. The Morgan fingerprint density at radius 2 is 1.61 bits per heavy atom. The Kier molecular flexibility index (Phi) is 5.26. The fourth-order valence-electron chi connectivity index (χ4n) is 3.46. The number of aromatic nitrogens is 4. The summed E-state index contributed by atoms with van der Waals surface area (Å²) in [6.07, 6.45) is -3.11. The molecule has 0 aliphatic heterocycles. The monoisotopic (exact) mass is 428 g/mol. The van der Waals surface area contributed by atoms with Crippen molar-refractivity contribution in [2.24, 2.45) is 0 Å². The van der Waals surface area contributed by atoms with Gasteiger partial charge >= 0.3 is 6.36 Å². The Bertz CT molecular complexity index is 1290. The lowest BCUT2D eigenvalue weighted by Crippen LogP contribution is -2.25. The van der Waals surface area contributed by atoms with Crippen LogP contribution in [0.3, 0.4) is 0 Å². The normalized spacial score (nSPS) is 11.8. The maximum Gasteiger partial charge on any atom is 0.573 e. The number of alkyl halides is 3. The lowest BCUT2D eigenvalue weighted by atomic mass is 10.0. The predicted molar refractivity (Wildman–Crippen MR) is 110 cm³/mol. The molecule has 4 rings (SSSR count). The largest absolute Gasteiger partial charge is 0.573 e. The second kappa shape index (κ2) is 7.90. The lowest BCUT2D eigenvalue weighted by molar-refractivity contribution is -0.274. The summed E-state index contributed by atoms with van der Waals surface area (Å²) >= 11 is 0. The van der Waals surface area contributed by atoms with Crippen molar-refractivity contribution in [3.63, 3.8) is 0 Å².